The van der Waals surface area contributed by atoms with Crippen molar-refractivity contribution in [1.29, 1.82) is 0 Å². The molecule has 4 rings (SSSR count). The topological polar surface area (TPSA) is 76.4 Å². The van der Waals surface area contributed by atoms with Crippen LogP contribution >= 0.6 is 23.8 Å². The molecule has 8 heteroatoms. The van der Waals surface area contributed by atoms with Crippen molar-refractivity contribution in [2.75, 3.05) is 12.4 Å². The number of hydrogen-bond acceptors (Lipinski definition) is 5. The molecule has 0 fully saturated rings. The highest BCUT2D eigenvalue weighted by Crippen LogP contribution is 2.30. The second-order valence-corrected chi connectivity index (χ2v) is 8.55. The zero-order valence-electron chi connectivity index (χ0n) is 18.6. The van der Waals surface area contributed by atoms with Crippen molar-refractivity contribution in [3.05, 3.63) is 75.8 Å². The summed E-state index contributed by atoms with van der Waals surface area (Å²) in [4.78, 5) is 17.2. The number of rotatable bonds is 4. The number of carbonyl (C=O) groups is 1. The minimum absolute atomic E-state index is 0.163. The van der Waals surface area contributed by atoms with Gasteiger partial charge in [-0.3, -0.25) is 10.1 Å². The number of aryl methyl sites for hydroxylation is 3. The number of nitrogens with zero attached hydrogens (tertiary/aromatic N) is 1. The van der Waals surface area contributed by atoms with Crippen LogP contribution in [0.1, 0.15) is 27.0 Å². The molecule has 1 heterocycles. The van der Waals surface area contributed by atoms with E-state index in [1.807, 2.05) is 45.0 Å². The van der Waals surface area contributed by atoms with Crippen LogP contribution in [-0.2, 0) is 0 Å². The van der Waals surface area contributed by atoms with Gasteiger partial charge in [0.1, 0.15) is 11.3 Å². The van der Waals surface area contributed by atoms with E-state index in [0.29, 0.717) is 22.2 Å². The van der Waals surface area contributed by atoms with Crippen LogP contribution in [0.2, 0.25) is 5.02 Å². The molecule has 0 radical (unpaired) electrons. The molecule has 0 atom stereocenters. The van der Waals surface area contributed by atoms with Crippen LogP contribution in [0, 0.1) is 20.8 Å². The molecule has 0 bridgehead atoms. The molecule has 0 unspecified atom stereocenters. The first-order valence-electron chi connectivity index (χ1n) is 10.2. The van der Waals surface area contributed by atoms with E-state index >= 15 is 0 Å². The summed E-state index contributed by atoms with van der Waals surface area (Å²) < 4.78 is 11.1. The predicted molar refractivity (Wildman–Crippen MR) is 135 cm³/mol. The van der Waals surface area contributed by atoms with Gasteiger partial charge in [0, 0.05) is 16.8 Å². The maximum atomic E-state index is 12.6. The van der Waals surface area contributed by atoms with Crippen molar-refractivity contribution in [1.82, 2.24) is 10.3 Å². The lowest BCUT2D eigenvalue weighted by molar-refractivity contribution is 0.0977. The van der Waals surface area contributed by atoms with Crippen LogP contribution in [0.25, 0.3) is 22.6 Å². The number of benzene rings is 3. The summed E-state index contributed by atoms with van der Waals surface area (Å²) in [6.07, 6.45) is 0. The fourth-order valence-corrected chi connectivity index (χ4v) is 3.99. The largest absolute Gasteiger partial charge is 0.495 e. The Morgan fingerprint density at radius 3 is 2.58 bits per heavy atom. The van der Waals surface area contributed by atoms with E-state index in [0.717, 1.165) is 39.0 Å². The van der Waals surface area contributed by atoms with Gasteiger partial charge in [0.05, 0.1) is 12.1 Å². The first-order chi connectivity index (χ1) is 15.7. The summed E-state index contributed by atoms with van der Waals surface area (Å²) in [6, 6.07) is 14.6. The Hall–Kier alpha value is -3.42. The van der Waals surface area contributed by atoms with Crippen molar-refractivity contribution in [2.24, 2.45) is 0 Å². The third kappa shape index (κ3) is 4.84. The average Bonchev–Trinajstić information content (AvgIpc) is 3.19. The quantitative estimate of drug-likeness (QED) is 0.339. The standard InChI is InChI=1S/C25H22ClN3O3S/c1-13-9-15(3)22-20(10-13)27-24(32-22)17-6-5-14(2)19(12-17)28-25(33)29-23(30)16-7-8-21(31-4)18(26)11-16/h5-12H,1-4H3,(H2,28,29,30,33). The molecule has 0 aliphatic carbocycles. The molecule has 0 spiro atoms. The van der Waals surface area contributed by atoms with Gasteiger partial charge in [-0.2, -0.15) is 0 Å². The van der Waals surface area contributed by atoms with E-state index < -0.39 is 0 Å². The van der Waals surface area contributed by atoms with E-state index in [1.165, 1.54) is 13.2 Å². The second kappa shape index (κ2) is 9.21. The van der Waals surface area contributed by atoms with Gasteiger partial charge in [-0.25, -0.2) is 4.98 Å². The predicted octanol–water partition coefficient (Wildman–Crippen LogP) is 6.21. The molecule has 1 aromatic heterocycles. The van der Waals surface area contributed by atoms with Crippen LogP contribution in [0.4, 0.5) is 5.69 Å². The number of carbonyl (C=O) groups excluding carboxylic acids is 1. The summed E-state index contributed by atoms with van der Waals surface area (Å²) in [7, 11) is 1.51. The monoisotopic (exact) mass is 479 g/mol. The number of amides is 1. The van der Waals surface area contributed by atoms with Crippen LogP contribution in [0.5, 0.6) is 5.75 Å². The van der Waals surface area contributed by atoms with Crippen LogP contribution in [-0.4, -0.2) is 23.1 Å². The van der Waals surface area contributed by atoms with Crippen molar-refractivity contribution < 1.29 is 13.9 Å². The number of fused-ring (bicyclic) bond motifs is 1. The Morgan fingerprint density at radius 2 is 1.85 bits per heavy atom. The molecule has 4 aromatic rings. The number of methoxy groups -OCH3 is 1. The lowest BCUT2D eigenvalue weighted by Gasteiger charge is -2.13. The number of hydrogen-bond donors (Lipinski definition) is 2. The van der Waals surface area contributed by atoms with E-state index in [9.17, 15) is 4.79 Å². The molecular formula is C25H22ClN3O3S. The smallest absolute Gasteiger partial charge is 0.257 e. The second-order valence-electron chi connectivity index (χ2n) is 7.74. The molecule has 168 valence electrons. The van der Waals surface area contributed by atoms with Crippen molar-refractivity contribution in [3.8, 4) is 17.2 Å². The Morgan fingerprint density at radius 1 is 1.06 bits per heavy atom. The molecule has 0 aliphatic heterocycles. The van der Waals surface area contributed by atoms with Crippen LogP contribution in [0.15, 0.2) is 52.9 Å². The Labute approximate surface area is 201 Å². The molecule has 0 saturated heterocycles. The van der Waals surface area contributed by atoms with Crippen molar-refractivity contribution in [2.45, 2.75) is 20.8 Å². The number of aromatic nitrogens is 1. The van der Waals surface area contributed by atoms with Gasteiger partial charge in [0.2, 0.25) is 5.89 Å². The maximum Gasteiger partial charge on any atom is 0.257 e. The molecule has 3 aromatic carbocycles. The fraction of sp³-hybridized carbons (Fsp3) is 0.160. The Balaban J connectivity index is 1.53. The van der Waals surface area contributed by atoms with Crippen LogP contribution < -0.4 is 15.4 Å². The summed E-state index contributed by atoms with van der Waals surface area (Å²) in [5.41, 5.74) is 6.61. The van der Waals surface area contributed by atoms with E-state index in [-0.39, 0.29) is 11.0 Å². The highest BCUT2D eigenvalue weighted by Gasteiger charge is 2.14. The number of oxazole rings is 1. The first-order valence-corrected chi connectivity index (χ1v) is 11.0. The highest BCUT2D eigenvalue weighted by atomic mass is 35.5. The van der Waals surface area contributed by atoms with E-state index in [2.05, 4.69) is 21.7 Å². The van der Waals surface area contributed by atoms with Gasteiger partial charge in [-0.1, -0.05) is 23.7 Å². The number of anilines is 1. The third-order valence-electron chi connectivity index (χ3n) is 5.19. The molecule has 0 aliphatic rings. The number of halogens is 1. The molecule has 33 heavy (non-hydrogen) atoms. The average molecular weight is 480 g/mol. The minimum Gasteiger partial charge on any atom is -0.495 e. The van der Waals surface area contributed by atoms with E-state index in [4.69, 9.17) is 33.0 Å². The lowest BCUT2D eigenvalue weighted by Crippen LogP contribution is -2.34. The molecule has 1 amide bonds. The Bertz CT molecular complexity index is 1400. The fourth-order valence-electron chi connectivity index (χ4n) is 3.53. The summed E-state index contributed by atoms with van der Waals surface area (Å²) in [5.74, 6) is 0.631. The van der Waals surface area contributed by atoms with Gasteiger partial charge in [0.25, 0.3) is 5.91 Å². The summed E-state index contributed by atoms with van der Waals surface area (Å²) >= 11 is 11.5. The number of thiocarbonyl (C=S) groups is 1. The lowest BCUT2D eigenvalue weighted by atomic mass is 10.1. The van der Waals surface area contributed by atoms with Gasteiger partial charge in [-0.15, -0.1) is 0 Å². The maximum absolute atomic E-state index is 12.6. The zero-order valence-corrected chi connectivity index (χ0v) is 20.1. The van der Waals surface area contributed by atoms with Gasteiger partial charge in [0.15, 0.2) is 10.7 Å². The Kier molecular flexibility index (Phi) is 6.35. The van der Waals surface area contributed by atoms with E-state index in [1.54, 1.807) is 12.1 Å². The van der Waals surface area contributed by atoms with Gasteiger partial charge in [-0.05, 0) is 86.1 Å². The van der Waals surface area contributed by atoms with Crippen LogP contribution in [0.3, 0.4) is 0 Å². The number of nitrogens with one attached hydrogen (secondary N) is 2. The molecular weight excluding hydrogens is 458 g/mol. The third-order valence-corrected chi connectivity index (χ3v) is 5.69. The highest BCUT2D eigenvalue weighted by molar-refractivity contribution is 7.80. The minimum atomic E-state index is -0.379. The summed E-state index contributed by atoms with van der Waals surface area (Å²) in [5, 5.41) is 6.27. The molecule has 0 saturated carbocycles. The summed E-state index contributed by atoms with van der Waals surface area (Å²) in [6.45, 7) is 5.98. The zero-order chi connectivity index (χ0) is 23.7. The normalized spacial score (nSPS) is 10.8. The van der Waals surface area contributed by atoms with Gasteiger partial charge < -0.3 is 14.5 Å². The van der Waals surface area contributed by atoms with Crippen molar-refractivity contribution >= 4 is 51.6 Å². The molecule has 2 N–H and O–H groups in total. The first kappa shape index (κ1) is 22.8. The number of ether oxygens (including phenoxy) is 1. The SMILES string of the molecule is COc1ccc(C(=O)NC(=S)Nc2cc(-c3nc4cc(C)cc(C)c4o3)ccc2C)cc1Cl. The van der Waals surface area contributed by atoms with Crippen molar-refractivity contribution in [3.63, 3.8) is 0 Å². The van der Waals surface area contributed by atoms with Gasteiger partial charge >= 0.3 is 0 Å². The molecule has 6 nitrogen and oxygen atoms in total.